The molecule has 3 aliphatic carbocycles. The van der Waals surface area contributed by atoms with Gasteiger partial charge in [0.25, 0.3) is 0 Å². The van der Waals surface area contributed by atoms with Crippen molar-refractivity contribution in [3.8, 4) is 5.75 Å². The summed E-state index contributed by atoms with van der Waals surface area (Å²) >= 11 is 0. The summed E-state index contributed by atoms with van der Waals surface area (Å²) in [6.07, 6.45) is 10.1. The van der Waals surface area contributed by atoms with Crippen LogP contribution in [0.1, 0.15) is 152 Å². The van der Waals surface area contributed by atoms with Crippen molar-refractivity contribution in [2.24, 2.45) is 23.2 Å². The van der Waals surface area contributed by atoms with E-state index in [1.807, 2.05) is 42.5 Å². The number of phenols is 1. The summed E-state index contributed by atoms with van der Waals surface area (Å²) in [5.41, 5.74) is 5.14. The lowest BCUT2D eigenvalue weighted by molar-refractivity contribution is -0.284. The fourth-order valence-corrected chi connectivity index (χ4v) is 11.2. The predicted molar refractivity (Wildman–Crippen MR) is 225 cm³/mol. The number of carbonyl (C=O) groups excluding carboxylic acids is 2. The molecule has 7 atom stereocenters. The topological polar surface area (TPSA) is 136 Å². The molecule has 3 aliphatic rings. The monoisotopic (exact) mass is 870 g/mol. The number of hydrogen-bond donors (Lipinski definition) is 5. The maximum Gasteiger partial charge on any atom is 0.453 e. The molecule has 0 radical (unpaired) electrons. The Labute approximate surface area is 355 Å². The molecule has 0 aromatic heterocycles. The van der Waals surface area contributed by atoms with Crippen molar-refractivity contribution < 1.29 is 51.2 Å². The maximum absolute atomic E-state index is 13.0. The fourth-order valence-electron chi connectivity index (χ4n) is 10.0. The molecule has 1 unspecified atom stereocenters. The van der Waals surface area contributed by atoms with Crippen molar-refractivity contribution in [1.29, 1.82) is 0 Å². The van der Waals surface area contributed by atoms with Crippen LogP contribution in [0.3, 0.4) is 0 Å². The number of para-hydroxylation sites is 1. The molecule has 2 fully saturated rings. The van der Waals surface area contributed by atoms with Gasteiger partial charge in [0.1, 0.15) is 5.75 Å². The highest BCUT2D eigenvalue weighted by atomic mass is 32.2. The molecule has 338 valence electrons. The first-order chi connectivity index (χ1) is 28.6. The number of benzene rings is 2. The zero-order chi connectivity index (χ0) is 43.8. The van der Waals surface area contributed by atoms with Gasteiger partial charge < -0.3 is 15.5 Å². The first-order valence-electron chi connectivity index (χ1n) is 22.1. The van der Waals surface area contributed by atoms with E-state index < -0.39 is 35.7 Å². The number of anilines is 1. The number of aromatic hydroxyl groups is 1. The van der Waals surface area contributed by atoms with Crippen LogP contribution in [-0.2, 0) is 26.8 Å². The molecule has 8 nitrogen and oxygen atoms in total. The molecule has 0 aliphatic heterocycles. The largest absolute Gasteiger partial charge is 0.508 e. The number of hydroxylamine groups is 1. The van der Waals surface area contributed by atoms with E-state index in [1.54, 1.807) is 5.48 Å². The molecule has 2 saturated carbocycles. The van der Waals surface area contributed by atoms with Crippen LogP contribution in [0.5, 0.6) is 5.75 Å². The van der Waals surface area contributed by atoms with E-state index in [2.05, 4.69) is 18.3 Å². The molecule has 2 aromatic carbocycles. The van der Waals surface area contributed by atoms with Gasteiger partial charge >= 0.3 is 12.1 Å². The molecule has 0 bridgehead atoms. The summed E-state index contributed by atoms with van der Waals surface area (Å²) in [5, 5.41) is 32.1. The van der Waals surface area contributed by atoms with Crippen molar-refractivity contribution in [1.82, 2.24) is 5.48 Å². The van der Waals surface area contributed by atoms with Gasteiger partial charge in [-0.05, 0) is 129 Å². The van der Waals surface area contributed by atoms with Gasteiger partial charge in [-0.3, -0.25) is 19.0 Å². The molecule has 0 spiro atoms. The van der Waals surface area contributed by atoms with E-state index in [0.717, 1.165) is 108 Å². The SMILES string of the molecule is C[C@]12CC[C@@H]3c4ccc(O)cc4C[C@@H](CCCCCCCCCS(=O)CCCC(F)(F)C(F)(F)F)[C@H]3[C@@H]1CC[C@@H]2O.O=C(CCCCCCC(=O)Nc1ccccc1)NO. The normalized spacial score (nSPS) is 24.0. The van der Waals surface area contributed by atoms with E-state index in [4.69, 9.17) is 5.21 Å². The fraction of sp³-hybridized carbons (Fsp3) is 0.696. The average Bonchev–Trinajstić information content (AvgIpc) is 3.51. The van der Waals surface area contributed by atoms with E-state index in [9.17, 15) is 46.0 Å². The minimum Gasteiger partial charge on any atom is -0.508 e. The third-order valence-electron chi connectivity index (χ3n) is 13.3. The molecule has 2 aromatic rings. The van der Waals surface area contributed by atoms with Crippen LogP contribution in [0, 0.1) is 23.2 Å². The smallest absolute Gasteiger partial charge is 0.453 e. The molecule has 14 heteroatoms. The number of nitrogens with one attached hydrogen (secondary N) is 2. The number of amides is 2. The summed E-state index contributed by atoms with van der Waals surface area (Å²) in [6, 6.07) is 15.3. The standard InChI is InChI=1S/C32H47F5O3S.C14H20N2O3/c1-30-17-15-26-25-12-11-24(38)21-23(25)20-22(29(26)27(30)13-14-28(30)39)10-7-5-3-2-4-6-8-18-41(40)19-9-16-31(33,34)32(35,36)37;17-13(15-12-8-4-3-5-9-12)10-6-1-2-7-11-14(18)16-19/h11-12,21-22,26-29,38-39H,2-10,13-20H2,1H3;3-5,8-9,19H,1-2,6-7,10-11H2,(H,15,17)(H,16,18)/t22-,26-,27+,28+,29-,30+,41?;/m1./s1. The summed E-state index contributed by atoms with van der Waals surface area (Å²) < 4.78 is 74.5. The van der Waals surface area contributed by atoms with Crippen LogP contribution in [-0.4, -0.2) is 61.2 Å². The molecule has 5 rings (SSSR count). The molecular weight excluding hydrogens is 804 g/mol. The molecule has 0 heterocycles. The first kappa shape index (κ1) is 49.6. The highest BCUT2D eigenvalue weighted by molar-refractivity contribution is 7.84. The van der Waals surface area contributed by atoms with Crippen LogP contribution >= 0.6 is 0 Å². The van der Waals surface area contributed by atoms with Crippen LogP contribution < -0.4 is 10.8 Å². The van der Waals surface area contributed by atoms with E-state index in [0.29, 0.717) is 54.4 Å². The number of aliphatic hydroxyl groups excluding tert-OH is 1. The average molecular weight is 871 g/mol. The third kappa shape index (κ3) is 14.8. The Morgan fingerprint density at radius 3 is 2.08 bits per heavy atom. The molecule has 5 N–H and O–H groups in total. The zero-order valence-corrected chi connectivity index (χ0v) is 35.9. The molecule has 0 saturated heterocycles. The number of hydrogen-bond acceptors (Lipinski definition) is 6. The van der Waals surface area contributed by atoms with Gasteiger partial charge in [-0.1, -0.05) is 82.6 Å². The van der Waals surface area contributed by atoms with Crippen LogP contribution in [0.25, 0.3) is 0 Å². The molecule has 60 heavy (non-hydrogen) atoms. The minimum absolute atomic E-state index is 0.0132. The molecular formula is C46H67F5N2O6S. The second-order valence-corrected chi connectivity index (χ2v) is 19.3. The number of rotatable bonds is 22. The Hall–Kier alpha value is -3.10. The zero-order valence-electron chi connectivity index (χ0n) is 35.1. The Bertz CT molecular complexity index is 1650. The summed E-state index contributed by atoms with van der Waals surface area (Å²) in [6.45, 7) is 2.30. The Morgan fingerprint density at radius 1 is 0.800 bits per heavy atom. The minimum atomic E-state index is -5.54. The van der Waals surface area contributed by atoms with Gasteiger partial charge in [-0.25, -0.2) is 5.48 Å². The summed E-state index contributed by atoms with van der Waals surface area (Å²) in [5.74, 6) is -2.26. The second kappa shape index (κ2) is 23.9. The van der Waals surface area contributed by atoms with Crippen LogP contribution in [0.15, 0.2) is 48.5 Å². The van der Waals surface area contributed by atoms with Gasteiger partial charge in [0, 0.05) is 47.3 Å². The van der Waals surface area contributed by atoms with Gasteiger partial charge in [-0.2, -0.15) is 22.0 Å². The Kier molecular flexibility index (Phi) is 19.8. The number of halogens is 5. The lowest BCUT2D eigenvalue weighted by Crippen LogP contribution is -2.47. The van der Waals surface area contributed by atoms with Crippen LogP contribution in [0.4, 0.5) is 27.6 Å². The van der Waals surface area contributed by atoms with Crippen molar-refractivity contribution >= 4 is 28.3 Å². The van der Waals surface area contributed by atoms with Crippen LogP contribution in [0.2, 0.25) is 0 Å². The molecule has 2 amide bonds. The second-order valence-electron chi connectivity index (χ2n) is 17.6. The predicted octanol–water partition coefficient (Wildman–Crippen LogP) is 11.2. The Morgan fingerprint density at radius 2 is 1.42 bits per heavy atom. The van der Waals surface area contributed by atoms with Gasteiger partial charge in [-0.15, -0.1) is 0 Å². The lowest BCUT2D eigenvalue weighted by Gasteiger charge is -2.53. The quantitative estimate of drug-likeness (QED) is 0.0346. The van der Waals surface area contributed by atoms with Gasteiger partial charge in [0.05, 0.1) is 6.10 Å². The van der Waals surface area contributed by atoms with Crippen molar-refractivity contribution in [3.63, 3.8) is 0 Å². The number of phenolic OH excluding ortho intramolecular Hbond substituents is 1. The maximum atomic E-state index is 13.0. The highest BCUT2D eigenvalue weighted by Crippen LogP contribution is 2.62. The van der Waals surface area contributed by atoms with Crippen molar-refractivity contribution in [3.05, 3.63) is 59.7 Å². The number of alkyl halides is 5. The number of aliphatic hydroxyl groups is 1. The highest BCUT2D eigenvalue weighted by Gasteiger charge is 2.57. The number of carbonyl (C=O) groups is 2. The first-order valence-corrected chi connectivity index (χ1v) is 23.6. The lowest BCUT2D eigenvalue weighted by atomic mass is 9.52. The van der Waals surface area contributed by atoms with E-state index >= 15 is 0 Å². The van der Waals surface area contributed by atoms with Gasteiger partial charge in [0.15, 0.2) is 0 Å². The van der Waals surface area contributed by atoms with Crippen molar-refractivity contribution in [2.75, 3.05) is 16.8 Å². The van der Waals surface area contributed by atoms with E-state index in [-0.39, 0.29) is 29.1 Å². The third-order valence-corrected chi connectivity index (χ3v) is 14.8. The summed E-state index contributed by atoms with van der Waals surface area (Å²) in [4.78, 5) is 22.3. The van der Waals surface area contributed by atoms with E-state index in [1.165, 1.54) is 11.1 Å². The van der Waals surface area contributed by atoms with Gasteiger partial charge in [0.2, 0.25) is 11.8 Å². The number of fused-ring (bicyclic) bond motifs is 5. The summed E-state index contributed by atoms with van der Waals surface area (Å²) in [7, 11) is -1.35. The number of unbranched alkanes of at least 4 members (excludes halogenated alkanes) is 9. The Balaban J connectivity index is 0.000000350. The van der Waals surface area contributed by atoms with Crippen molar-refractivity contribution in [2.45, 2.75) is 166 Å².